The number of hydrogen-bond donors (Lipinski definition) is 0. The first-order valence-electron chi connectivity index (χ1n) is 3.06. The topological polar surface area (TPSA) is 3.24 Å². The van der Waals surface area contributed by atoms with E-state index in [1.165, 1.54) is 5.75 Å². The largest absolute Gasteiger partial charge is 0.309 e. The molecule has 0 heterocycles. The molecule has 0 radical (unpaired) electrons. The SMILES string of the molecule is CN(C)CCSCCCl. The molecule has 0 saturated carbocycles. The highest BCUT2D eigenvalue weighted by atomic mass is 35.5. The van der Waals surface area contributed by atoms with Gasteiger partial charge in [0.2, 0.25) is 0 Å². The average Bonchev–Trinajstić information content (AvgIpc) is 1.80. The lowest BCUT2D eigenvalue weighted by Crippen LogP contribution is -2.15. The predicted molar refractivity (Wildman–Crippen MR) is 46.6 cm³/mol. The molecule has 0 aliphatic heterocycles. The number of alkyl halides is 1. The van der Waals surface area contributed by atoms with Crippen LogP contribution in [0.25, 0.3) is 0 Å². The Labute approximate surface area is 66.8 Å². The van der Waals surface area contributed by atoms with Gasteiger partial charge in [0, 0.05) is 23.9 Å². The molecule has 0 aromatic rings. The second-order valence-electron chi connectivity index (χ2n) is 2.10. The molecule has 56 valence electrons. The van der Waals surface area contributed by atoms with E-state index < -0.39 is 0 Å². The van der Waals surface area contributed by atoms with Gasteiger partial charge in [-0.25, -0.2) is 0 Å². The molecule has 0 amide bonds. The Bertz CT molecular complexity index is 59.0. The van der Waals surface area contributed by atoms with E-state index in [-0.39, 0.29) is 0 Å². The summed E-state index contributed by atoms with van der Waals surface area (Å²) < 4.78 is 0. The zero-order chi connectivity index (χ0) is 7.11. The minimum Gasteiger partial charge on any atom is -0.309 e. The van der Waals surface area contributed by atoms with Crippen molar-refractivity contribution in [3.8, 4) is 0 Å². The molecule has 0 unspecified atom stereocenters. The smallest absolute Gasteiger partial charge is 0.0314 e. The highest BCUT2D eigenvalue weighted by molar-refractivity contribution is 7.99. The molecule has 0 aromatic heterocycles. The Hall–Kier alpha value is 0.600. The lowest BCUT2D eigenvalue weighted by molar-refractivity contribution is 0.437. The summed E-state index contributed by atoms with van der Waals surface area (Å²) in [6, 6.07) is 0. The molecule has 9 heavy (non-hydrogen) atoms. The van der Waals surface area contributed by atoms with Gasteiger partial charge in [0.25, 0.3) is 0 Å². The van der Waals surface area contributed by atoms with Crippen LogP contribution in [0.4, 0.5) is 0 Å². The van der Waals surface area contributed by atoms with Gasteiger partial charge in [-0.2, -0.15) is 11.8 Å². The second kappa shape index (κ2) is 6.72. The first kappa shape index (κ1) is 9.60. The molecule has 0 rings (SSSR count). The third-order valence-electron chi connectivity index (χ3n) is 0.904. The molecule has 0 fully saturated rings. The maximum absolute atomic E-state index is 5.48. The Morgan fingerprint density at radius 2 is 2.00 bits per heavy atom. The minimum atomic E-state index is 0.776. The summed E-state index contributed by atoms with van der Waals surface area (Å²) in [4.78, 5) is 2.18. The van der Waals surface area contributed by atoms with Crippen molar-refractivity contribution in [3.05, 3.63) is 0 Å². The number of halogens is 1. The molecule has 0 aliphatic rings. The predicted octanol–water partition coefficient (Wildman–Crippen LogP) is 1.52. The van der Waals surface area contributed by atoms with Crippen LogP contribution in [0.5, 0.6) is 0 Å². The molecule has 3 heteroatoms. The fraction of sp³-hybridized carbons (Fsp3) is 1.00. The van der Waals surface area contributed by atoms with E-state index in [1.807, 2.05) is 11.8 Å². The van der Waals surface area contributed by atoms with E-state index in [4.69, 9.17) is 11.6 Å². The summed E-state index contributed by atoms with van der Waals surface area (Å²) >= 11 is 7.39. The van der Waals surface area contributed by atoms with E-state index >= 15 is 0 Å². The fourth-order valence-corrected chi connectivity index (χ4v) is 1.54. The Morgan fingerprint density at radius 1 is 1.33 bits per heavy atom. The number of nitrogens with zero attached hydrogens (tertiary/aromatic N) is 1. The molecule has 0 bridgehead atoms. The van der Waals surface area contributed by atoms with Gasteiger partial charge >= 0.3 is 0 Å². The van der Waals surface area contributed by atoms with Gasteiger partial charge in [-0.15, -0.1) is 11.6 Å². The molecule has 0 saturated heterocycles. The quantitative estimate of drug-likeness (QED) is 0.451. The standard InChI is InChI=1S/C6H14ClNS/c1-8(2)4-6-9-5-3-7/h3-6H2,1-2H3. The monoisotopic (exact) mass is 167 g/mol. The Kier molecular flexibility index (Phi) is 7.16. The zero-order valence-corrected chi connectivity index (χ0v) is 7.63. The van der Waals surface area contributed by atoms with Crippen LogP contribution in [0.3, 0.4) is 0 Å². The van der Waals surface area contributed by atoms with Crippen molar-refractivity contribution in [1.82, 2.24) is 4.90 Å². The third kappa shape index (κ3) is 8.60. The van der Waals surface area contributed by atoms with Gasteiger partial charge in [0.15, 0.2) is 0 Å². The van der Waals surface area contributed by atoms with Crippen molar-refractivity contribution in [2.24, 2.45) is 0 Å². The second-order valence-corrected chi connectivity index (χ2v) is 3.71. The molecular weight excluding hydrogens is 154 g/mol. The van der Waals surface area contributed by atoms with Crippen LogP contribution >= 0.6 is 23.4 Å². The van der Waals surface area contributed by atoms with Crippen molar-refractivity contribution in [3.63, 3.8) is 0 Å². The van der Waals surface area contributed by atoms with Crippen molar-refractivity contribution in [2.75, 3.05) is 38.0 Å². The minimum absolute atomic E-state index is 0.776. The van der Waals surface area contributed by atoms with Crippen LogP contribution in [0, 0.1) is 0 Å². The highest BCUT2D eigenvalue weighted by Crippen LogP contribution is 1.99. The summed E-state index contributed by atoms with van der Waals surface area (Å²) in [7, 11) is 4.17. The van der Waals surface area contributed by atoms with E-state index in [2.05, 4.69) is 19.0 Å². The maximum atomic E-state index is 5.48. The summed E-state index contributed by atoms with van der Waals surface area (Å²) in [5.41, 5.74) is 0. The number of thioether (sulfide) groups is 1. The summed E-state index contributed by atoms with van der Waals surface area (Å²) in [6.45, 7) is 1.15. The van der Waals surface area contributed by atoms with Gasteiger partial charge in [0.1, 0.15) is 0 Å². The van der Waals surface area contributed by atoms with E-state index in [9.17, 15) is 0 Å². The van der Waals surface area contributed by atoms with Crippen molar-refractivity contribution in [1.29, 1.82) is 0 Å². The van der Waals surface area contributed by atoms with Crippen LogP contribution in [0.1, 0.15) is 0 Å². The van der Waals surface area contributed by atoms with Gasteiger partial charge in [-0.05, 0) is 14.1 Å². The van der Waals surface area contributed by atoms with Crippen molar-refractivity contribution < 1.29 is 0 Å². The Balaban J connectivity index is 2.75. The third-order valence-corrected chi connectivity index (χ3v) is 2.28. The molecule has 0 atom stereocenters. The van der Waals surface area contributed by atoms with Gasteiger partial charge in [-0.3, -0.25) is 0 Å². The lowest BCUT2D eigenvalue weighted by Gasteiger charge is -2.07. The van der Waals surface area contributed by atoms with E-state index in [0.29, 0.717) is 0 Å². The van der Waals surface area contributed by atoms with Gasteiger partial charge < -0.3 is 4.90 Å². The van der Waals surface area contributed by atoms with E-state index in [1.54, 1.807) is 0 Å². The van der Waals surface area contributed by atoms with E-state index in [0.717, 1.165) is 18.2 Å². The zero-order valence-electron chi connectivity index (χ0n) is 6.06. The Morgan fingerprint density at radius 3 is 2.44 bits per heavy atom. The first-order valence-corrected chi connectivity index (χ1v) is 4.74. The molecule has 1 nitrogen and oxygen atoms in total. The molecule has 0 aromatic carbocycles. The molecular formula is C6H14ClNS. The summed E-state index contributed by atoms with van der Waals surface area (Å²) in [6.07, 6.45) is 0. The lowest BCUT2D eigenvalue weighted by atomic mass is 10.7. The van der Waals surface area contributed by atoms with Crippen molar-refractivity contribution in [2.45, 2.75) is 0 Å². The van der Waals surface area contributed by atoms with Crippen LogP contribution in [0.15, 0.2) is 0 Å². The molecule has 0 N–H and O–H groups in total. The molecule has 0 spiro atoms. The van der Waals surface area contributed by atoms with Gasteiger partial charge in [-0.1, -0.05) is 0 Å². The summed E-state index contributed by atoms with van der Waals surface area (Å²) in [5, 5.41) is 0. The van der Waals surface area contributed by atoms with Crippen LogP contribution in [0.2, 0.25) is 0 Å². The summed E-state index contributed by atoms with van der Waals surface area (Å²) in [5.74, 6) is 3.05. The molecule has 0 aliphatic carbocycles. The van der Waals surface area contributed by atoms with Gasteiger partial charge in [0.05, 0.1) is 0 Å². The number of hydrogen-bond acceptors (Lipinski definition) is 2. The fourth-order valence-electron chi connectivity index (χ4n) is 0.404. The van der Waals surface area contributed by atoms with Crippen LogP contribution in [-0.2, 0) is 0 Å². The van der Waals surface area contributed by atoms with Crippen LogP contribution in [-0.4, -0.2) is 42.9 Å². The number of rotatable bonds is 5. The maximum Gasteiger partial charge on any atom is 0.0314 e. The van der Waals surface area contributed by atoms with Crippen molar-refractivity contribution >= 4 is 23.4 Å². The first-order chi connectivity index (χ1) is 4.27. The normalized spacial score (nSPS) is 10.7. The highest BCUT2D eigenvalue weighted by Gasteiger charge is 1.89. The van der Waals surface area contributed by atoms with Crippen LogP contribution < -0.4 is 0 Å². The average molecular weight is 168 g/mol.